The molecule has 2 fully saturated rings. The van der Waals surface area contributed by atoms with Gasteiger partial charge in [-0.15, -0.1) is 0 Å². The van der Waals surface area contributed by atoms with Crippen LogP contribution in [0.5, 0.6) is 0 Å². The fourth-order valence-electron chi connectivity index (χ4n) is 3.05. The Hall–Kier alpha value is -1.43. The number of carbonyl (C=O) groups is 1. The molecule has 1 saturated carbocycles. The zero-order valence-corrected chi connectivity index (χ0v) is 12.5. The fourth-order valence-corrected chi connectivity index (χ4v) is 5.05. The maximum Gasteiger partial charge on any atom is 0.244 e. The van der Waals surface area contributed by atoms with E-state index in [4.69, 9.17) is 0 Å². The molecule has 3 rings (SSSR count). The average molecular weight is 311 g/mol. The molecule has 114 valence electrons. The Morgan fingerprint density at radius 2 is 1.95 bits per heavy atom. The summed E-state index contributed by atoms with van der Waals surface area (Å²) in [5.74, 6) is -0.404. The monoisotopic (exact) mass is 311 g/mol. The van der Waals surface area contributed by atoms with Crippen molar-refractivity contribution >= 4 is 15.9 Å². The lowest BCUT2D eigenvalue weighted by Crippen LogP contribution is -2.39. The number of nitrogens with zero attached hydrogens (tertiary/aromatic N) is 1. The molecule has 1 amide bonds. The molecule has 0 radical (unpaired) electrons. The molecule has 0 spiro atoms. The summed E-state index contributed by atoms with van der Waals surface area (Å²) < 4.78 is 38.8. The highest BCUT2D eigenvalue weighted by molar-refractivity contribution is 7.90. The molecule has 0 N–H and O–H groups in total. The average Bonchev–Trinajstić information content (AvgIpc) is 3.18. The Labute approximate surface area is 124 Å². The van der Waals surface area contributed by atoms with Crippen molar-refractivity contribution in [2.24, 2.45) is 5.41 Å². The number of halogens is 1. The van der Waals surface area contributed by atoms with E-state index in [9.17, 15) is 17.6 Å². The highest BCUT2D eigenvalue weighted by Crippen LogP contribution is 2.52. The van der Waals surface area contributed by atoms with Crippen molar-refractivity contribution in [2.45, 2.75) is 30.9 Å². The van der Waals surface area contributed by atoms with Crippen molar-refractivity contribution in [1.29, 1.82) is 0 Å². The first-order chi connectivity index (χ1) is 10.0. The number of benzene rings is 1. The minimum absolute atomic E-state index is 0.133. The summed E-state index contributed by atoms with van der Waals surface area (Å²) in [6, 6.07) is 8.95. The molecule has 0 aromatic heterocycles. The van der Waals surface area contributed by atoms with Gasteiger partial charge in [0.15, 0.2) is 0 Å². The van der Waals surface area contributed by atoms with Crippen LogP contribution in [0.15, 0.2) is 30.3 Å². The van der Waals surface area contributed by atoms with Crippen molar-refractivity contribution in [2.75, 3.05) is 13.2 Å². The molecule has 4 nitrogen and oxygen atoms in total. The molecule has 1 aliphatic heterocycles. The topological polar surface area (TPSA) is 54.5 Å². The lowest BCUT2D eigenvalue weighted by molar-refractivity contribution is -0.132. The first kappa shape index (κ1) is 14.5. The van der Waals surface area contributed by atoms with Crippen LogP contribution in [0.1, 0.15) is 36.5 Å². The molecule has 1 saturated heterocycles. The van der Waals surface area contributed by atoms with Crippen LogP contribution in [-0.2, 0) is 14.8 Å². The van der Waals surface area contributed by atoms with E-state index in [0.29, 0.717) is 24.8 Å². The summed E-state index contributed by atoms with van der Waals surface area (Å²) in [6.07, 6.45) is 1.73. The summed E-state index contributed by atoms with van der Waals surface area (Å²) in [4.78, 5) is 12.5. The molecule has 1 heterocycles. The van der Waals surface area contributed by atoms with Crippen LogP contribution in [0.4, 0.5) is 4.39 Å². The number of alkyl halides is 1. The second kappa shape index (κ2) is 5.09. The highest BCUT2D eigenvalue weighted by Gasteiger charge is 2.55. The highest BCUT2D eigenvalue weighted by atomic mass is 32.2. The van der Waals surface area contributed by atoms with E-state index in [0.717, 1.165) is 4.31 Å². The van der Waals surface area contributed by atoms with Crippen molar-refractivity contribution in [3.05, 3.63) is 35.9 Å². The second-order valence-corrected chi connectivity index (χ2v) is 7.87. The van der Waals surface area contributed by atoms with Crippen LogP contribution in [0.2, 0.25) is 0 Å². The molecular formula is C15H18FNO3S. The third kappa shape index (κ3) is 2.35. The predicted molar refractivity (Wildman–Crippen MR) is 76.7 cm³/mol. The minimum Gasteiger partial charge on any atom is -0.273 e. The Balaban J connectivity index is 1.85. The second-order valence-electron chi connectivity index (χ2n) is 5.83. The van der Waals surface area contributed by atoms with Gasteiger partial charge in [0.1, 0.15) is 5.25 Å². The summed E-state index contributed by atoms with van der Waals surface area (Å²) >= 11 is 0. The normalized spacial score (nSPS) is 25.8. The molecule has 2 aliphatic rings. The van der Waals surface area contributed by atoms with E-state index in [2.05, 4.69) is 0 Å². The largest absolute Gasteiger partial charge is 0.273 e. The van der Waals surface area contributed by atoms with Crippen LogP contribution in [0.3, 0.4) is 0 Å². The zero-order chi connectivity index (χ0) is 15.1. The number of hydrogen-bond acceptors (Lipinski definition) is 3. The van der Waals surface area contributed by atoms with Gasteiger partial charge in [-0.2, -0.15) is 0 Å². The van der Waals surface area contributed by atoms with Gasteiger partial charge in [-0.05, 0) is 31.2 Å². The number of amides is 1. The Kier molecular flexibility index (Phi) is 3.51. The molecule has 1 unspecified atom stereocenters. The molecule has 21 heavy (non-hydrogen) atoms. The number of rotatable bonds is 4. The van der Waals surface area contributed by atoms with Gasteiger partial charge in [-0.3, -0.25) is 9.18 Å². The lowest BCUT2D eigenvalue weighted by atomic mass is 10.0. The summed E-state index contributed by atoms with van der Waals surface area (Å²) in [7, 11) is -3.68. The van der Waals surface area contributed by atoms with E-state index < -0.39 is 33.3 Å². The molecular weight excluding hydrogens is 293 g/mol. The molecule has 6 heteroatoms. The molecule has 1 aromatic rings. The van der Waals surface area contributed by atoms with E-state index in [-0.39, 0.29) is 13.0 Å². The van der Waals surface area contributed by atoms with Crippen LogP contribution in [0.25, 0.3) is 0 Å². The quantitative estimate of drug-likeness (QED) is 0.858. The summed E-state index contributed by atoms with van der Waals surface area (Å²) in [5.41, 5.74) is -0.0453. The maximum absolute atomic E-state index is 12.6. The van der Waals surface area contributed by atoms with Gasteiger partial charge in [-0.1, -0.05) is 30.3 Å². The Morgan fingerprint density at radius 1 is 1.29 bits per heavy atom. The standard InChI is InChI=1S/C15H18FNO3S/c16-10-9-15(7-8-15)14(18)17-11-6-13(21(17,19)20)12-4-2-1-3-5-12/h1-5,13H,6-11H2. The third-order valence-electron chi connectivity index (χ3n) is 4.54. The summed E-state index contributed by atoms with van der Waals surface area (Å²) in [5, 5.41) is -0.663. The van der Waals surface area contributed by atoms with Crippen LogP contribution in [-0.4, -0.2) is 31.8 Å². The van der Waals surface area contributed by atoms with Crippen molar-refractivity contribution in [1.82, 2.24) is 4.31 Å². The van der Waals surface area contributed by atoms with E-state index >= 15 is 0 Å². The smallest absolute Gasteiger partial charge is 0.244 e. The first-order valence-electron chi connectivity index (χ1n) is 7.18. The van der Waals surface area contributed by atoms with Gasteiger partial charge in [0.2, 0.25) is 15.9 Å². The lowest BCUT2D eigenvalue weighted by Gasteiger charge is -2.22. The van der Waals surface area contributed by atoms with Gasteiger partial charge < -0.3 is 0 Å². The van der Waals surface area contributed by atoms with E-state index in [1.807, 2.05) is 6.07 Å². The van der Waals surface area contributed by atoms with Gasteiger partial charge in [-0.25, -0.2) is 12.7 Å². The molecule has 0 bridgehead atoms. The number of sulfonamides is 1. The SMILES string of the molecule is O=C(N1CCC(c2ccccc2)S1(=O)=O)C1(CCF)CC1. The predicted octanol–water partition coefficient (Wildman–Crippen LogP) is 2.43. The van der Waals surface area contributed by atoms with Crippen LogP contribution < -0.4 is 0 Å². The molecule has 1 aliphatic carbocycles. The number of hydrogen-bond donors (Lipinski definition) is 0. The van der Waals surface area contributed by atoms with Gasteiger partial charge in [0.25, 0.3) is 0 Å². The summed E-state index contributed by atoms with van der Waals surface area (Å²) in [6.45, 7) is -0.378. The Morgan fingerprint density at radius 3 is 2.52 bits per heavy atom. The molecule has 1 aromatic carbocycles. The third-order valence-corrected chi connectivity index (χ3v) is 6.73. The zero-order valence-electron chi connectivity index (χ0n) is 11.7. The minimum atomic E-state index is -3.68. The van der Waals surface area contributed by atoms with E-state index in [1.54, 1.807) is 24.3 Å². The van der Waals surface area contributed by atoms with Gasteiger partial charge in [0.05, 0.1) is 12.1 Å². The van der Waals surface area contributed by atoms with Gasteiger partial charge in [0, 0.05) is 6.54 Å². The first-order valence-corrected chi connectivity index (χ1v) is 8.68. The van der Waals surface area contributed by atoms with Gasteiger partial charge >= 0.3 is 0 Å². The van der Waals surface area contributed by atoms with Crippen LogP contribution >= 0.6 is 0 Å². The Bertz CT molecular complexity index is 640. The fraction of sp³-hybridized carbons (Fsp3) is 0.533. The van der Waals surface area contributed by atoms with Crippen LogP contribution in [0, 0.1) is 5.41 Å². The number of carbonyl (C=O) groups excluding carboxylic acids is 1. The van der Waals surface area contributed by atoms with Crippen molar-refractivity contribution in [3.63, 3.8) is 0 Å². The van der Waals surface area contributed by atoms with Crippen molar-refractivity contribution in [3.8, 4) is 0 Å². The maximum atomic E-state index is 12.6. The molecule has 1 atom stereocenters. The van der Waals surface area contributed by atoms with Crippen molar-refractivity contribution < 1.29 is 17.6 Å². The van der Waals surface area contributed by atoms with E-state index in [1.165, 1.54) is 0 Å².